The molecule has 1 N–H and O–H groups in total. The number of nitrogens with one attached hydrogen (secondary N) is 1. The number of anilines is 1. The van der Waals surface area contributed by atoms with E-state index in [0.717, 1.165) is 23.2 Å². The monoisotopic (exact) mass is 244 g/mol. The average molecular weight is 244 g/mol. The molecule has 1 saturated heterocycles. The van der Waals surface area contributed by atoms with Crippen molar-refractivity contribution in [2.75, 3.05) is 18.5 Å². The van der Waals surface area contributed by atoms with Crippen LogP contribution in [-0.2, 0) is 16.0 Å². The van der Waals surface area contributed by atoms with Gasteiger partial charge in [0.1, 0.15) is 0 Å². The van der Waals surface area contributed by atoms with Crippen LogP contribution in [0, 0.1) is 23.7 Å². The first kappa shape index (κ1) is 12.6. The predicted octanol–water partition coefficient (Wildman–Crippen LogP) is 2.04. The van der Waals surface area contributed by atoms with Crippen molar-refractivity contribution in [3.8, 4) is 6.07 Å². The van der Waals surface area contributed by atoms with Gasteiger partial charge in [0, 0.05) is 5.69 Å². The molecule has 0 radical (unpaired) electrons. The zero-order valence-corrected chi connectivity index (χ0v) is 10.6. The van der Waals surface area contributed by atoms with Gasteiger partial charge < -0.3 is 10.1 Å². The van der Waals surface area contributed by atoms with Crippen molar-refractivity contribution >= 4 is 11.6 Å². The molecule has 1 heterocycles. The van der Waals surface area contributed by atoms with Crippen molar-refractivity contribution < 1.29 is 9.53 Å². The van der Waals surface area contributed by atoms with E-state index in [4.69, 9.17) is 10.00 Å². The molecule has 18 heavy (non-hydrogen) atoms. The van der Waals surface area contributed by atoms with E-state index in [1.54, 1.807) is 0 Å². The number of carbonyl (C=O) groups excluding carboxylic acids is 1. The van der Waals surface area contributed by atoms with Gasteiger partial charge in [0.15, 0.2) is 5.41 Å². The number of hydrogen-bond acceptors (Lipinski definition) is 3. The Labute approximate surface area is 107 Å². The Morgan fingerprint density at radius 3 is 2.78 bits per heavy atom. The van der Waals surface area contributed by atoms with Crippen LogP contribution in [0.25, 0.3) is 0 Å². The van der Waals surface area contributed by atoms with Crippen LogP contribution in [0.4, 0.5) is 5.69 Å². The Morgan fingerprint density at radius 1 is 1.56 bits per heavy atom. The van der Waals surface area contributed by atoms with Gasteiger partial charge in [-0.3, -0.25) is 4.79 Å². The summed E-state index contributed by atoms with van der Waals surface area (Å²) in [6, 6.07) is 7.96. The van der Waals surface area contributed by atoms with Gasteiger partial charge >= 0.3 is 0 Å². The minimum atomic E-state index is -1.01. The number of hydrogen-bond donors (Lipinski definition) is 1. The van der Waals surface area contributed by atoms with Gasteiger partial charge in [-0.1, -0.05) is 25.1 Å². The molecule has 1 fully saturated rings. The highest BCUT2D eigenvalue weighted by molar-refractivity contribution is 5.99. The van der Waals surface area contributed by atoms with Gasteiger partial charge in [0.2, 0.25) is 5.91 Å². The van der Waals surface area contributed by atoms with Crippen LogP contribution in [0.5, 0.6) is 0 Å². The van der Waals surface area contributed by atoms with Gasteiger partial charge in [-0.25, -0.2) is 0 Å². The lowest BCUT2D eigenvalue weighted by atomic mass is 9.86. The fraction of sp³-hybridized carbons (Fsp3) is 0.429. The standard InChI is InChI=1S/C14H16N2O2/c1-3-11-6-4-5-10(2)12(11)16-13(17)14(7-15)8-18-9-14/h4-6H,3,8-9H2,1-2H3,(H,16,17). The highest BCUT2D eigenvalue weighted by Gasteiger charge is 2.46. The molecule has 0 atom stereocenters. The van der Waals surface area contributed by atoms with E-state index in [9.17, 15) is 4.79 Å². The third-order valence-electron chi connectivity index (χ3n) is 3.32. The molecule has 1 aliphatic heterocycles. The fourth-order valence-electron chi connectivity index (χ4n) is 1.99. The van der Waals surface area contributed by atoms with Gasteiger partial charge in [-0.15, -0.1) is 0 Å². The van der Waals surface area contributed by atoms with Crippen molar-refractivity contribution in [3.05, 3.63) is 29.3 Å². The molecule has 4 heteroatoms. The summed E-state index contributed by atoms with van der Waals surface area (Å²) in [6.45, 7) is 4.35. The number of ether oxygens (including phenoxy) is 1. The van der Waals surface area contributed by atoms with Crippen molar-refractivity contribution in [2.45, 2.75) is 20.3 Å². The first-order valence-corrected chi connectivity index (χ1v) is 6.02. The average Bonchev–Trinajstić information content (AvgIpc) is 2.31. The number of nitriles is 1. The van der Waals surface area contributed by atoms with Gasteiger partial charge in [-0.05, 0) is 24.5 Å². The maximum Gasteiger partial charge on any atom is 0.249 e. The van der Waals surface area contributed by atoms with E-state index in [1.165, 1.54) is 0 Å². The SMILES string of the molecule is CCc1cccc(C)c1NC(=O)C1(C#N)COC1. The minimum absolute atomic E-state index is 0.183. The second-order valence-electron chi connectivity index (χ2n) is 4.60. The lowest BCUT2D eigenvalue weighted by Crippen LogP contribution is -2.50. The molecule has 1 aromatic rings. The molecule has 1 aromatic carbocycles. The largest absolute Gasteiger partial charge is 0.377 e. The molecule has 1 aliphatic rings. The van der Waals surface area contributed by atoms with E-state index < -0.39 is 5.41 Å². The Morgan fingerprint density at radius 2 is 2.28 bits per heavy atom. The molecule has 0 saturated carbocycles. The highest BCUT2D eigenvalue weighted by Crippen LogP contribution is 2.30. The van der Waals surface area contributed by atoms with Crippen LogP contribution >= 0.6 is 0 Å². The molecule has 1 amide bonds. The molecule has 0 bridgehead atoms. The molecule has 2 rings (SSSR count). The number of aryl methyl sites for hydroxylation is 2. The lowest BCUT2D eigenvalue weighted by Gasteiger charge is -2.33. The Balaban J connectivity index is 2.25. The maximum absolute atomic E-state index is 12.2. The number of amides is 1. The fourth-order valence-corrected chi connectivity index (χ4v) is 1.99. The molecule has 0 aromatic heterocycles. The zero-order chi connectivity index (χ0) is 13.2. The third kappa shape index (κ3) is 1.98. The van der Waals surface area contributed by atoms with Crippen molar-refractivity contribution in [1.82, 2.24) is 0 Å². The number of carbonyl (C=O) groups is 1. The van der Waals surface area contributed by atoms with Crippen LogP contribution in [0.3, 0.4) is 0 Å². The highest BCUT2D eigenvalue weighted by atomic mass is 16.5. The summed E-state index contributed by atoms with van der Waals surface area (Å²) < 4.78 is 4.99. The normalized spacial score (nSPS) is 16.5. The van der Waals surface area contributed by atoms with E-state index in [2.05, 4.69) is 11.4 Å². The summed E-state index contributed by atoms with van der Waals surface area (Å²) in [6.07, 6.45) is 0.841. The van der Waals surface area contributed by atoms with Crippen LogP contribution in [0.2, 0.25) is 0 Å². The smallest absolute Gasteiger partial charge is 0.249 e. The third-order valence-corrected chi connectivity index (χ3v) is 3.32. The summed E-state index contributed by atoms with van der Waals surface area (Å²) in [7, 11) is 0. The van der Waals surface area contributed by atoms with E-state index in [-0.39, 0.29) is 19.1 Å². The maximum atomic E-state index is 12.2. The summed E-state index contributed by atoms with van der Waals surface area (Å²) in [4.78, 5) is 12.2. The molecule has 94 valence electrons. The van der Waals surface area contributed by atoms with Crippen molar-refractivity contribution in [2.24, 2.45) is 5.41 Å². The molecular formula is C14H16N2O2. The van der Waals surface area contributed by atoms with Gasteiger partial charge in [-0.2, -0.15) is 5.26 Å². The number of rotatable bonds is 3. The second kappa shape index (κ2) is 4.79. The van der Waals surface area contributed by atoms with E-state index in [0.29, 0.717) is 0 Å². The molecule has 0 unspecified atom stereocenters. The Kier molecular flexibility index (Phi) is 3.35. The van der Waals surface area contributed by atoms with Gasteiger partial charge in [0.25, 0.3) is 0 Å². The van der Waals surface area contributed by atoms with Crippen LogP contribution in [-0.4, -0.2) is 19.1 Å². The van der Waals surface area contributed by atoms with E-state index in [1.807, 2.05) is 32.0 Å². The zero-order valence-electron chi connectivity index (χ0n) is 10.6. The predicted molar refractivity (Wildman–Crippen MR) is 68.1 cm³/mol. The summed E-state index contributed by atoms with van der Waals surface area (Å²) in [5.74, 6) is -0.264. The topological polar surface area (TPSA) is 62.1 Å². The quantitative estimate of drug-likeness (QED) is 0.885. The number of para-hydroxylation sites is 1. The molecule has 0 spiro atoms. The molecule has 0 aliphatic carbocycles. The number of nitrogens with zero attached hydrogens (tertiary/aromatic N) is 1. The number of benzene rings is 1. The van der Waals surface area contributed by atoms with Crippen LogP contribution < -0.4 is 5.32 Å². The molecular weight excluding hydrogens is 228 g/mol. The van der Waals surface area contributed by atoms with Gasteiger partial charge in [0.05, 0.1) is 19.3 Å². The first-order chi connectivity index (χ1) is 8.63. The lowest BCUT2D eigenvalue weighted by molar-refractivity contribution is -0.144. The first-order valence-electron chi connectivity index (χ1n) is 6.02. The molecule has 4 nitrogen and oxygen atoms in total. The Bertz CT molecular complexity index is 513. The second-order valence-corrected chi connectivity index (χ2v) is 4.60. The summed E-state index contributed by atoms with van der Waals surface area (Å²) >= 11 is 0. The summed E-state index contributed by atoms with van der Waals surface area (Å²) in [5.41, 5.74) is 1.91. The van der Waals surface area contributed by atoms with Crippen LogP contribution in [0.15, 0.2) is 18.2 Å². The van der Waals surface area contributed by atoms with Crippen molar-refractivity contribution in [3.63, 3.8) is 0 Å². The van der Waals surface area contributed by atoms with Crippen LogP contribution in [0.1, 0.15) is 18.1 Å². The van der Waals surface area contributed by atoms with Crippen molar-refractivity contribution in [1.29, 1.82) is 5.26 Å². The Hall–Kier alpha value is -1.86. The minimum Gasteiger partial charge on any atom is -0.377 e. The summed E-state index contributed by atoms with van der Waals surface area (Å²) in [5, 5.41) is 12.0. The van der Waals surface area contributed by atoms with E-state index >= 15 is 0 Å².